The summed E-state index contributed by atoms with van der Waals surface area (Å²) in [6.45, 7) is 0.368. The van der Waals surface area contributed by atoms with Crippen molar-refractivity contribution in [2.45, 2.75) is 6.54 Å². The fourth-order valence-electron chi connectivity index (χ4n) is 2.90. The molecule has 0 spiro atoms. The lowest BCUT2D eigenvalue weighted by Crippen LogP contribution is -2.22. The highest BCUT2D eigenvalue weighted by Gasteiger charge is 2.14. The Morgan fingerprint density at radius 3 is 2.92 bits per heavy atom. The summed E-state index contributed by atoms with van der Waals surface area (Å²) >= 11 is 0. The number of rotatable bonds is 4. The van der Waals surface area contributed by atoms with Gasteiger partial charge in [0.05, 0.1) is 24.9 Å². The largest absolute Gasteiger partial charge is 0.497 e. The van der Waals surface area contributed by atoms with Gasteiger partial charge in [-0.1, -0.05) is 12.1 Å². The van der Waals surface area contributed by atoms with Gasteiger partial charge in [0.15, 0.2) is 11.4 Å². The molecule has 0 saturated heterocycles. The summed E-state index contributed by atoms with van der Waals surface area (Å²) in [5.74, 6) is 0.0429. The Bertz CT molecular complexity index is 1120. The topological polar surface area (TPSA) is 64.4 Å². The summed E-state index contributed by atoms with van der Waals surface area (Å²) in [6.07, 6.45) is 2.60. The first kappa shape index (κ1) is 16.1. The normalized spacial score (nSPS) is 11.0. The molecule has 2 aromatic heterocycles. The molecular formula is C20H15FN2O3. The highest BCUT2D eigenvalue weighted by Crippen LogP contribution is 2.30. The summed E-state index contributed by atoms with van der Waals surface area (Å²) in [5.41, 5.74) is 2.17. The van der Waals surface area contributed by atoms with Crippen LogP contribution in [0.3, 0.4) is 0 Å². The maximum atomic E-state index is 14.0. The Balaban J connectivity index is 1.58. The number of hydrogen-bond donors (Lipinski definition) is 1. The Labute approximate surface area is 148 Å². The van der Waals surface area contributed by atoms with Crippen molar-refractivity contribution in [2.75, 3.05) is 7.11 Å². The van der Waals surface area contributed by atoms with Crippen LogP contribution in [0.4, 0.5) is 4.39 Å². The number of fused-ring (bicyclic) bond motifs is 3. The number of benzene rings is 2. The second-order valence-electron chi connectivity index (χ2n) is 5.84. The number of nitrogens with zero attached hydrogens (tertiary/aromatic N) is 1. The third kappa shape index (κ3) is 2.86. The predicted molar refractivity (Wildman–Crippen MR) is 95.6 cm³/mol. The van der Waals surface area contributed by atoms with E-state index in [1.807, 2.05) is 24.3 Å². The first-order valence-electron chi connectivity index (χ1n) is 8.02. The number of furan rings is 1. The molecule has 2 heterocycles. The highest BCUT2D eigenvalue weighted by atomic mass is 19.1. The summed E-state index contributed by atoms with van der Waals surface area (Å²) < 4.78 is 24.8. The van der Waals surface area contributed by atoms with E-state index in [1.165, 1.54) is 6.20 Å². The molecule has 1 amide bonds. The van der Waals surface area contributed by atoms with Crippen LogP contribution < -0.4 is 10.1 Å². The van der Waals surface area contributed by atoms with Crippen LogP contribution in [0.15, 0.2) is 59.3 Å². The minimum atomic E-state index is -0.448. The van der Waals surface area contributed by atoms with Gasteiger partial charge < -0.3 is 14.5 Å². The van der Waals surface area contributed by atoms with Gasteiger partial charge in [0, 0.05) is 17.5 Å². The molecule has 26 heavy (non-hydrogen) atoms. The Morgan fingerprint density at radius 1 is 1.19 bits per heavy atom. The first-order chi connectivity index (χ1) is 12.7. The summed E-state index contributed by atoms with van der Waals surface area (Å²) in [7, 11) is 1.60. The van der Waals surface area contributed by atoms with Crippen LogP contribution in [-0.4, -0.2) is 18.0 Å². The molecule has 2 aromatic carbocycles. The maximum absolute atomic E-state index is 14.0. The quantitative estimate of drug-likeness (QED) is 0.603. The molecule has 1 N–H and O–H groups in total. The summed E-state index contributed by atoms with van der Waals surface area (Å²) in [6, 6.07) is 12.4. The molecule has 6 heteroatoms. The van der Waals surface area contributed by atoms with Crippen molar-refractivity contribution < 1.29 is 18.3 Å². The molecule has 4 rings (SSSR count). The number of hydrogen-bond acceptors (Lipinski definition) is 4. The Kier molecular flexibility index (Phi) is 4.01. The summed E-state index contributed by atoms with van der Waals surface area (Å²) in [4.78, 5) is 16.2. The van der Waals surface area contributed by atoms with E-state index >= 15 is 0 Å². The lowest BCUT2D eigenvalue weighted by Gasteiger charge is -2.07. The van der Waals surface area contributed by atoms with E-state index < -0.39 is 5.82 Å². The average molecular weight is 350 g/mol. The fourth-order valence-corrected chi connectivity index (χ4v) is 2.90. The number of nitrogens with one attached hydrogen (secondary N) is 1. The molecule has 0 aliphatic heterocycles. The van der Waals surface area contributed by atoms with Gasteiger partial charge in [-0.15, -0.1) is 0 Å². The molecule has 0 aliphatic carbocycles. The number of methoxy groups -OCH3 is 1. The number of aromatic nitrogens is 1. The second kappa shape index (κ2) is 6.48. The Hall–Kier alpha value is -3.41. The number of halogens is 1. The third-order valence-electron chi connectivity index (χ3n) is 4.19. The number of carbonyl (C=O) groups is 1. The van der Waals surface area contributed by atoms with E-state index in [4.69, 9.17) is 9.15 Å². The third-order valence-corrected chi connectivity index (χ3v) is 4.19. The average Bonchev–Trinajstić information content (AvgIpc) is 3.05. The van der Waals surface area contributed by atoms with Crippen molar-refractivity contribution in [3.63, 3.8) is 0 Å². The van der Waals surface area contributed by atoms with E-state index in [2.05, 4.69) is 10.3 Å². The van der Waals surface area contributed by atoms with E-state index in [0.717, 1.165) is 17.5 Å². The molecule has 0 fully saturated rings. The molecule has 4 aromatic rings. The van der Waals surface area contributed by atoms with Gasteiger partial charge in [-0.05, 0) is 35.9 Å². The van der Waals surface area contributed by atoms with E-state index in [-0.39, 0.29) is 5.91 Å². The van der Waals surface area contributed by atoms with Gasteiger partial charge >= 0.3 is 0 Å². The molecule has 0 unspecified atom stereocenters. The first-order valence-corrected chi connectivity index (χ1v) is 8.02. The van der Waals surface area contributed by atoms with Crippen LogP contribution in [-0.2, 0) is 6.54 Å². The van der Waals surface area contributed by atoms with Crippen molar-refractivity contribution >= 4 is 27.8 Å². The molecule has 130 valence electrons. The molecule has 0 saturated carbocycles. The number of ether oxygens (including phenoxy) is 1. The fraction of sp³-hybridized carbons (Fsp3) is 0.100. The Morgan fingerprint density at radius 2 is 2.08 bits per heavy atom. The summed E-state index contributed by atoms with van der Waals surface area (Å²) in [5, 5.41) is 3.84. The highest BCUT2D eigenvalue weighted by molar-refractivity contribution is 6.07. The van der Waals surface area contributed by atoms with Gasteiger partial charge in [-0.2, -0.15) is 0 Å². The monoisotopic (exact) mass is 350 g/mol. The zero-order valence-corrected chi connectivity index (χ0v) is 14.0. The molecule has 5 nitrogen and oxygen atoms in total. The smallest absolute Gasteiger partial charge is 0.251 e. The van der Waals surface area contributed by atoms with Crippen LogP contribution in [0.25, 0.3) is 21.9 Å². The minimum absolute atomic E-state index is 0.242. The molecule has 0 aliphatic rings. The van der Waals surface area contributed by atoms with Gasteiger partial charge in [-0.25, -0.2) is 4.39 Å². The molecule has 0 bridgehead atoms. The maximum Gasteiger partial charge on any atom is 0.251 e. The van der Waals surface area contributed by atoms with Crippen LogP contribution in [0.5, 0.6) is 5.75 Å². The van der Waals surface area contributed by atoms with Crippen molar-refractivity contribution in [1.82, 2.24) is 10.3 Å². The van der Waals surface area contributed by atoms with Gasteiger partial charge in [-0.3, -0.25) is 9.78 Å². The van der Waals surface area contributed by atoms with Crippen LogP contribution >= 0.6 is 0 Å². The van der Waals surface area contributed by atoms with Gasteiger partial charge in [0.2, 0.25) is 0 Å². The van der Waals surface area contributed by atoms with Gasteiger partial charge in [0.25, 0.3) is 5.91 Å². The number of pyridine rings is 1. The molecule has 0 atom stereocenters. The van der Waals surface area contributed by atoms with Crippen molar-refractivity contribution in [1.29, 1.82) is 0 Å². The van der Waals surface area contributed by atoms with E-state index in [1.54, 1.807) is 25.3 Å². The lowest BCUT2D eigenvalue weighted by atomic mass is 10.1. The van der Waals surface area contributed by atoms with Crippen LogP contribution in [0.1, 0.15) is 15.9 Å². The zero-order chi connectivity index (χ0) is 18.1. The lowest BCUT2D eigenvalue weighted by molar-refractivity contribution is 0.0951. The minimum Gasteiger partial charge on any atom is -0.497 e. The van der Waals surface area contributed by atoms with Crippen molar-refractivity contribution in [3.05, 3.63) is 71.8 Å². The van der Waals surface area contributed by atoms with Crippen LogP contribution in [0.2, 0.25) is 0 Å². The van der Waals surface area contributed by atoms with Crippen molar-refractivity contribution in [3.8, 4) is 5.75 Å². The van der Waals surface area contributed by atoms with Crippen LogP contribution in [0, 0.1) is 5.82 Å². The van der Waals surface area contributed by atoms with E-state index in [9.17, 15) is 9.18 Å². The zero-order valence-electron chi connectivity index (χ0n) is 14.0. The molecule has 0 radical (unpaired) electrons. The number of amides is 1. The van der Waals surface area contributed by atoms with Crippen molar-refractivity contribution in [2.24, 2.45) is 0 Å². The molecular weight excluding hydrogens is 335 g/mol. The standard InChI is InChI=1S/C20H15FN2O3/c1-25-14-4-2-3-12(7-14)9-23-20(24)13-5-6-15-17(8-13)26-18-11-22-10-16(21)19(15)18/h2-8,10-11H,9H2,1H3,(H,23,24). The second-order valence-corrected chi connectivity index (χ2v) is 5.84. The number of carbonyl (C=O) groups excluding carboxylic acids is 1. The van der Waals surface area contributed by atoms with E-state index in [0.29, 0.717) is 34.0 Å². The SMILES string of the molecule is COc1cccc(CNC(=O)c2ccc3c(c2)oc2cncc(F)c23)c1. The predicted octanol–water partition coefficient (Wildman–Crippen LogP) is 4.06. The van der Waals surface area contributed by atoms with Gasteiger partial charge in [0.1, 0.15) is 11.3 Å².